The first-order chi connectivity index (χ1) is 13.5. The fraction of sp³-hybridized carbons (Fsp3) is 0.550. The lowest BCUT2D eigenvalue weighted by molar-refractivity contribution is 0.637. The fourth-order valence-electron chi connectivity index (χ4n) is 3.95. The van der Waals surface area contributed by atoms with E-state index in [1.165, 1.54) is 18.4 Å². The molecule has 8 heteroatoms. The van der Waals surface area contributed by atoms with Gasteiger partial charge in [-0.2, -0.15) is 5.10 Å². The summed E-state index contributed by atoms with van der Waals surface area (Å²) >= 11 is 0. The maximum Gasteiger partial charge on any atom is 0.163 e. The third-order valence-corrected chi connectivity index (χ3v) is 5.89. The number of nitrogens with zero attached hydrogens (tertiary/aromatic N) is 8. The highest BCUT2D eigenvalue weighted by Gasteiger charge is 2.29. The molecule has 0 N–H and O–H groups in total. The molecule has 4 heterocycles. The minimum absolute atomic E-state index is 0.571. The molecular formula is C20H26N8. The number of hydrogen-bond donors (Lipinski definition) is 0. The smallest absolute Gasteiger partial charge is 0.163 e. The summed E-state index contributed by atoms with van der Waals surface area (Å²) in [7, 11) is 1.92. The Morgan fingerprint density at radius 3 is 2.21 bits per heavy atom. The van der Waals surface area contributed by atoms with Crippen LogP contribution in [0.25, 0.3) is 11.0 Å². The molecule has 2 fully saturated rings. The lowest BCUT2D eigenvalue weighted by Crippen LogP contribution is -2.47. The SMILES string of the molecule is Cc1nc(N2CCN(c3nc(C4CC4)nc(C)c3C)CC2)c2cnn(C)c2n1. The number of fused-ring (bicyclic) bond motifs is 1. The highest BCUT2D eigenvalue weighted by atomic mass is 15.3. The molecule has 3 aromatic rings. The van der Waals surface area contributed by atoms with Crippen molar-refractivity contribution in [1.82, 2.24) is 29.7 Å². The largest absolute Gasteiger partial charge is 0.353 e. The van der Waals surface area contributed by atoms with E-state index in [1.807, 2.05) is 24.9 Å². The van der Waals surface area contributed by atoms with Crippen LogP contribution >= 0.6 is 0 Å². The minimum atomic E-state index is 0.571. The summed E-state index contributed by atoms with van der Waals surface area (Å²) in [6.07, 6.45) is 4.32. The Kier molecular flexibility index (Phi) is 3.96. The molecule has 8 nitrogen and oxygen atoms in total. The molecule has 28 heavy (non-hydrogen) atoms. The highest BCUT2D eigenvalue weighted by Crippen LogP contribution is 2.39. The number of rotatable bonds is 3. The van der Waals surface area contributed by atoms with E-state index >= 15 is 0 Å². The fourth-order valence-corrected chi connectivity index (χ4v) is 3.95. The molecule has 0 spiro atoms. The number of piperazine rings is 1. The van der Waals surface area contributed by atoms with Crippen LogP contribution in [0.1, 0.15) is 41.7 Å². The third-order valence-electron chi connectivity index (χ3n) is 5.89. The zero-order valence-electron chi connectivity index (χ0n) is 17.0. The molecular weight excluding hydrogens is 352 g/mol. The lowest BCUT2D eigenvalue weighted by atomic mass is 10.2. The third kappa shape index (κ3) is 2.87. The lowest BCUT2D eigenvalue weighted by Gasteiger charge is -2.37. The van der Waals surface area contributed by atoms with Gasteiger partial charge < -0.3 is 9.80 Å². The van der Waals surface area contributed by atoms with Crippen LogP contribution in [-0.2, 0) is 7.05 Å². The second-order valence-electron chi connectivity index (χ2n) is 7.96. The van der Waals surface area contributed by atoms with Gasteiger partial charge in [0.05, 0.1) is 11.6 Å². The first-order valence-corrected chi connectivity index (χ1v) is 10.0. The first kappa shape index (κ1) is 17.3. The topological polar surface area (TPSA) is 75.9 Å². The zero-order valence-corrected chi connectivity index (χ0v) is 17.0. The van der Waals surface area contributed by atoms with Crippen molar-refractivity contribution < 1.29 is 0 Å². The van der Waals surface area contributed by atoms with E-state index < -0.39 is 0 Å². The molecule has 1 aliphatic carbocycles. The standard InChI is InChI=1S/C20H26N8/c1-12-13(2)22-17(15-5-6-15)25-18(12)27-7-9-28(10-8-27)20-16-11-21-26(4)19(16)23-14(3)24-20/h11,15H,5-10H2,1-4H3. The maximum atomic E-state index is 4.94. The van der Waals surface area contributed by atoms with Crippen molar-refractivity contribution in [3.8, 4) is 0 Å². The Bertz CT molecular complexity index is 1040. The highest BCUT2D eigenvalue weighted by molar-refractivity contribution is 5.87. The van der Waals surface area contributed by atoms with Crippen molar-refractivity contribution in [2.24, 2.45) is 7.05 Å². The summed E-state index contributed by atoms with van der Waals surface area (Å²) in [5.74, 6) is 4.49. The van der Waals surface area contributed by atoms with E-state index in [9.17, 15) is 0 Å². The molecule has 5 rings (SSSR count). The predicted molar refractivity (Wildman–Crippen MR) is 109 cm³/mol. The molecule has 0 bridgehead atoms. The molecule has 2 aliphatic rings. The van der Waals surface area contributed by atoms with Gasteiger partial charge in [-0.3, -0.25) is 4.68 Å². The molecule has 146 valence electrons. The predicted octanol–water partition coefficient (Wildman–Crippen LogP) is 2.28. The number of anilines is 2. The van der Waals surface area contributed by atoms with Crippen LogP contribution in [0.2, 0.25) is 0 Å². The Balaban J connectivity index is 1.40. The number of hydrogen-bond acceptors (Lipinski definition) is 7. The summed E-state index contributed by atoms with van der Waals surface area (Å²) in [6.45, 7) is 9.84. The van der Waals surface area contributed by atoms with Crippen LogP contribution in [0.5, 0.6) is 0 Å². The van der Waals surface area contributed by atoms with Crippen molar-refractivity contribution in [3.05, 3.63) is 29.1 Å². The first-order valence-electron chi connectivity index (χ1n) is 10.0. The van der Waals surface area contributed by atoms with Crippen LogP contribution < -0.4 is 9.80 Å². The molecule has 1 saturated carbocycles. The quantitative estimate of drug-likeness (QED) is 0.692. The summed E-state index contributed by atoms with van der Waals surface area (Å²) in [5, 5.41) is 5.39. The van der Waals surface area contributed by atoms with Crippen LogP contribution in [-0.4, -0.2) is 55.9 Å². The second kappa shape index (κ2) is 6.39. The van der Waals surface area contributed by atoms with E-state index in [2.05, 4.69) is 33.7 Å². The molecule has 0 amide bonds. The van der Waals surface area contributed by atoms with E-state index in [0.29, 0.717) is 5.92 Å². The molecule has 1 aliphatic heterocycles. The van der Waals surface area contributed by atoms with Crippen LogP contribution in [0.3, 0.4) is 0 Å². The van der Waals surface area contributed by atoms with Gasteiger partial charge in [0, 0.05) is 50.4 Å². The molecule has 1 saturated heterocycles. The summed E-state index contributed by atoms with van der Waals surface area (Å²) < 4.78 is 1.82. The Morgan fingerprint density at radius 1 is 0.857 bits per heavy atom. The zero-order chi connectivity index (χ0) is 19.4. The van der Waals surface area contributed by atoms with Crippen molar-refractivity contribution in [3.63, 3.8) is 0 Å². The van der Waals surface area contributed by atoms with Gasteiger partial charge in [-0.15, -0.1) is 0 Å². The Morgan fingerprint density at radius 2 is 1.54 bits per heavy atom. The summed E-state index contributed by atoms with van der Waals surface area (Å²) in [5.41, 5.74) is 3.20. The van der Waals surface area contributed by atoms with Crippen LogP contribution in [0.15, 0.2) is 6.20 Å². The second-order valence-corrected chi connectivity index (χ2v) is 7.96. The Labute approximate surface area is 164 Å². The van der Waals surface area contributed by atoms with E-state index in [0.717, 1.165) is 66.2 Å². The van der Waals surface area contributed by atoms with Crippen molar-refractivity contribution in [2.75, 3.05) is 36.0 Å². The average Bonchev–Trinajstić information content (AvgIpc) is 3.48. The van der Waals surface area contributed by atoms with Gasteiger partial charge in [0.25, 0.3) is 0 Å². The van der Waals surface area contributed by atoms with Gasteiger partial charge in [-0.05, 0) is 33.6 Å². The minimum Gasteiger partial charge on any atom is -0.353 e. The summed E-state index contributed by atoms with van der Waals surface area (Å²) in [6, 6.07) is 0. The average molecular weight is 378 g/mol. The molecule has 0 unspecified atom stereocenters. The number of aryl methyl sites for hydroxylation is 3. The van der Waals surface area contributed by atoms with Gasteiger partial charge in [0.15, 0.2) is 5.65 Å². The van der Waals surface area contributed by atoms with E-state index in [1.54, 1.807) is 0 Å². The Hall–Kier alpha value is -2.77. The van der Waals surface area contributed by atoms with E-state index in [-0.39, 0.29) is 0 Å². The van der Waals surface area contributed by atoms with Gasteiger partial charge in [0.1, 0.15) is 23.3 Å². The van der Waals surface area contributed by atoms with Crippen LogP contribution in [0, 0.1) is 20.8 Å². The van der Waals surface area contributed by atoms with Gasteiger partial charge in [-0.1, -0.05) is 0 Å². The molecule has 0 aromatic carbocycles. The van der Waals surface area contributed by atoms with Crippen LogP contribution in [0.4, 0.5) is 11.6 Å². The molecule has 0 atom stereocenters. The van der Waals surface area contributed by atoms with Gasteiger partial charge >= 0.3 is 0 Å². The van der Waals surface area contributed by atoms with Crippen molar-refractivity contribution >= 4 is 22.7 Å². The number of aromatic nitrogens is 6. The maximum absolute atomic E-state index is 4.94. The van der Waals surface area contributed by atoms with Gasteiger partial charge in [0.2, 0.25) is 0 Å². The molecule has 0 radical (unpaired) electrons. The molecule has 3 aromatic heterocycles. The van der Waals surface area contributed by atoms with E-state index in [4.69, 9.17) is 15.0 Å². The monoisotopic (exact) mass is 378 g/mol. The van der Waals surface area contributed by atoms with Crippen molar-refractivity contribution in [1.29, 1.82) is 0 Å². The van der Waals surface area contributed by atoms with Gasteiger partial charge in [-0.25, -0.2) is 19.9 Å². The van der Waals surface area contributed by atoms with Crippen molar-refractivity contribution in [2.45, 2.75) is 39.5 Å². The normalized spacial score (nSPS) is 17.6. The summed E-state index contributed by atoms with van der Waals surface area (Å²) in [4.78, 5) is 23.7.